The number of anilines is 1. The molecular formula is C15H20N4S. The van der Waals surface area contributed by atoms with E-state index >= 15 is 0 Å². The molecule has 1 saturated heterocycles. The SMILES string of the molecule is CCc1nnc(N2CCCC2c2ccsc2)nc1CC. The molecule has 0 bridgehead atoms. The Morgan fingerprint density at radius 1 is 1.25 bits per heavy atom. The van der Waals surface area contributed by atoms with Crippen LogP contribution in [0.3, 0.4) is 0 Å². The van der Waals surface area contributed by atoms with E-state index in [9.17, 15) is 0 Å². The average molecular weight is 288 g/mol. The Morgan fingerprint density at radius 2 is 2.10 bits per heavy atom. The molecule has 1 unspecified atom stereocenters. The first kappa shape index (κ1) is 13.5. The van der Waals surface area contributed by atoms with Crippen LogP contribution in [0.15, 0.2) is 16.8 Å². The van der Waals surface area contributed by atoms with Gasteiger partial charge in [-0.1, -0.05) is 13.8 Å². The molecule has 4 nitrogen and oxygen atoms in total. The smallest absolute Gasteiger partial charge is 0.246 e. The van der Waals surface area contributed by atoms with Gasteiger partial charge in [0.15, 0.2) is 0 Å². The van der Waals surface area contributed by atoms with E-state index in [-0.39, 0.29) is 0 Å². The quantitative estimate of drug-likeness (QED) is 0.864. The van der Waals surface area contributed by atoms with Crippen LogP contribution in [0.25, 0.3) is 0 Å². The lowest BCUT2D eigenvalue weighted by molar-refractivity contribution is 0.684. The van der Waals surface area contributed by atoms with E-state index in [2.05, 4.69) is 45.8 Å². The number of hydrogen-bond acceptors (Lipinski definition) is 5. The highest BCUT2D eigenvalue weighted by Gasteiger charge is 2.29. The van der Waals surface area contributed by atoms with Crippen molar-refractivity contribution in [2.75, 3.05) is 11.4 Å². The molecule has 0 aliphatic carbocycles. The topological polar surface area (TPSA) is 41.9 Å². The second kappa shape index (κ2) is 5.87. The zero-order valence-corrected chi connectivity index (χ0v) is 12.9. The molecule has 3 rings (SSSR count). The zero-order chi connectivity index (χ0) is 13.9. The minimum atomic E-state index is 0.417. The predicted octanol–water partition coefficient (Wildman–Crippen LogP) is 3.40. The van der Waals surface area contributed by atoms with Gasteiger partial charge in [-0.25, -0.2) is 4.98 Å². The van der Waals surface area contributed by atoms with Crippen molar-refractivity contribution in [3.05, 3.63) is 33.8 Å². The van der Waals surface area contributed by atoms with E-state index < -0.39 is 0 Å². The molecule has 0 radical (unpaired) electrons. The summed E-state index contributed by atoms with van der Waals surface area (Å²) in [6, 6.07) is 2.63. The van der Waals surface area contributed by atoms with Crippen molar-refractivity contribution < 1.29 is 0 Å². The molecular weight excluding hydrogens is 268 g/mol. The average Bonchev–Trinajstić information content (AvgIpc) is 3.16. The van der Waals surface area contributed by atoms with Gasteiger partial charge in [-0.3, -0.25) is 0 Å². The highest BCUT2D eigenvalue weighted by molar-refractivity contribution is 7.08. The molecule has 0 spiro atoms. The first-order chi connectivity index (χ1) is 9.83. The van der Waals surface area contributed by atoms with Gasteiger partial charge < -0.3 is 4.90 Å². The van der Waals surface area contributed by atoms with Crippen LogP contribution in [0, 0.1) is 0 Å². The molecule has 0 amide bonds. The van der Waals surface area contributed by atoms with Crippen molar-refractivity contribution in [2.24, 2.45) is 0 Å². The molecule has 2 aromatic rings. The summed E-state index contributed by atoms with van der Waals surface area (Å²) in [6.07, 6.45) is 4.19. The van der Waals surface area contributed by atoms with Gasteiger partial charge in [0.25, 0.3) is 0 Å². The van der Waals surface area contributed by atoms with E-state index in [4.69, 9.17) is 4.98 Å². The number of nitrogens with zero attached hydrogens (tertiary/aromatic N) is 4. The summed E-state index contributed by atoms with van der Waals surface area (Å²) in [6.45, 7) is 5.26. The molecule has 1 fully saturated rings. The fourth-order valence-electron chi connectivity index (χ4n) is 2.87. The zero-order valence-electron chi connectivity index (χ0n) is 12.0. The summed E-state index contributed by atoms with van der Waals surface area (Å²) in [7, 11) is 0. The van der Waals surface area contributed by atoms with Gasteiger partial charge in [0.1, 0.15) is 0 Å². The summed E-state index contributed by atoms with van der Waals surface area (Å²) in [5.41, 5.74) is 3.50. The number of thiophene rings is 1. The second-order valence-corrected chi connectivity index (χ2v) is 5.90. The monoisotopic (exact) mass is 288 g/mol. The Balaban J connectivity index is 1.91. The van der Waals surface area contributed by atoms with Gasteiger partial charge >= 0.3 is 0 Å². The van der Waals surface area contributed by atoms with E-state index in [1.54, 1.807) is 11.3 Å². The maximum atomic E-state index is 4.76. The van der Waals surface area contributed by atoms with Crippen molar-refractivity contribution in [3.8, 4) is 0 Å². The lowest BCUT2D eigenvalue weighted by Gasteiger charge is -2.24. The van der Waals surface area contributed by atoms with Crippen molar-refractivity contribution >= 4 is 17.3 Å². The number of hydrogen-bond donors (Lipinski definition) is 0. The molecule has 2 aromatic heterocycles. The molecule has 1 aliphatic rings. The summed E-state index contributed by atoms with van der Waals surface area (Å²) in [5, 5.41) is 13.1. The molecule has 0 aromatic carbocycles. The van der Waals surface area contributed by atoms with Crippen molar-refractivity contribution in [1.29, 1.82) is 0 Å². The number of rotatable bonds is 4. The largest absolute Gasteiger partial charge is 0.332 e. The standard InChI is InChI=1S/C15H20N4S/c1-3-12-13(4-2)17-18-15(16-12)19-8-5-6-14(19)11-7-9-20-10-11/h7,9-10,14H,3-6,8H2,1-2H3. The van der Waals surface area contributed by atoms with Gasteiger partial charge in [-0.2, -0.15) is 16.4 Å². The van der Waals surface area contributed by atoms with E-state index in [1.807, 2.05) is 0 Å². The highest BCUT2D eigenvalue weighted by Crippen LogP contribution is 2.35. The second-order valence-electron chi connectivity index (χ2n) is 5.12. The fourth-order valence-corrected chi connectivity index (χ4v) is 3.57. The van der Waals surface area contributed by atoms with Crippen LogP contribution in [-0.2, 0) is 12.8 Å². The maximum absolute atomic E-state index is 4.76. The Kier molecular flexibility index (Phi) is 3.96. The molecule has 20 heavy (non-hydrogen) atoms. The molecule has 5 heteroatoms. The maximum Gasteiger partial charge on any atom is 0.246 e. The van der Waals surface area contributed by atoms with E-state index in [1.165, 1.54) is 18.4 Å². The van der Waals surface area contributed by atoms with E-state index in [0.29, 0.717) is 6.04 Å². The highest BCUT2D eigenvalue weighted by atomic mass is 32.1. The van der Waals surface area contributed by atoms with Crippen molar-refractivity contribution in [2.45, 2.75) is 45.6 Å². The van der Waals surface area contributed by atoms with Gasteiger partial charge in [0.2, 0.25) is 5.95 Å². The van der Waals surface area contributed by atoms with Crippen molar-refractivity contribution in [3.63, 3.8) is 0 Å². The Labute approximate surface area is 123 Å². The summed E-state index contributed by atoms with van der Waals surface area (Å²) in [4.78, 5) is 7.07. The normalized spacial score (nSPS) is 18.7. The molecule has 0 saturated carbocycles. The molecule has 1 atom stereocenters. The summed E-state index contributed by atoms with van der Waals surface area (Å²) < 4.78 is 0. The molecule has 3 heterocycles. The molecule has 106 valence electrons. The lowest BCUT2D eigenvalue weighted by atomic mass is 10.1. The summed E-state index contributed by atoms with van der Waals surface area (Å²) >= 11 is 1.75. The van der Waals surface area contributed by atoms with Crippen LogP contribution < -0.4 is 4.90 Å². The Bertz CT molecular complexity index is 567. The van der Waals surface area contributed by atoms with Crippen LogP contribution in [0.5, 0.6) is 0 Å². The number of aryl methyl sites for hydroxylation is 2. The first-order valence-corrected chi connectivity index (χ1v) is 8.29. The molecule has 1 aliphatic heterocycles. The third-order valence-corrected chi connectivity index (χ3v) is 4.64. The van der Waals surface area contributed by atoms with Crippen LogP contribution in [0.1, 0.15) is 49.7 Å². The van der Waals surface area contributed by atoms with Gasteiger partial charge in [0, 0.05) is 6.54 Å². The van der Waals surface area contributed by atoms with Crippen molar-refractivity contribution in [1.82, 2.24) is 15.2 Å². The third-order valence-electron chi connectivity index (χ3n) is 3.94. The van der Waals surface area contributed by atoms with Crippen LogP contribution in [0.4, 0.5) is 5.95 Å². The summed E-state index contributed by atoms with van der Waals surface area (Å²) in [5.74, 6) is 0.799. The van der Waals surface area contributed by atoms with E-state index in [0.717, 1.165) is 36.7 Å². The Morgan fingerprint density at radius 3 is 2.80 bits per heavy atom. The van der Waals surface area contributed by atoms with Crippen LogP contribution in [0.2, 0.25) is 0 Å². The fraction of sp³-hybridized carbons (Fsp3) is 0.533. The number of aromatic nitrogens is 3. The van der Waals surface area contributed by atoms with Crippen LogP contribution in [-0.4, -0.2) is 21.7 Å². The first-order valence-electron chi connectivity index (χ1n) is 7.34. The lowest BCUT2D eigenvalue weighted by Crippen LogP contribution is -2.25. The van der Waals surface area contributed by atoms with Gasteiger partial charge in [-0.05, 0) is 48.1 Å². The van der Waals surface area contributed by atoms with Gasteiger partial charge in [-0.15, -0.1) is 5.10 Å². The Hall–Kier alpha value is -1.49. The molecule has 0 N–H and O–H groups in total. The minimum Gasteiger partial charge on any atom is -0.332 e. The predicted molar refractivity (Wildman–Crippen MR) is 82.2 cm³/mol. The third kappa shape index (κ3) is 2.42. The minimum absolute atomic E-state index is 0.417. The van der Waals surface area contributed by atoms with Gasteiger partial charge in [0.05, 0.1) is 17.4 Å². The van der Waals surface area contributed by atoms with Crippen LogP contribution >= 0.6 is 11.3 Å².